The molecule has 107 valence electrons. The zero-order valence-electron chi connectivity index (χ0n) is 11.4. The number of rotatable bonds is 4. The second-order valence-electron chi connectivity index (χ2n) is 4.12. The van der Waals surface area contributed by atoms with Gasteiger partial charge >= 0.3 is 25.2 Å². The summed E-state index contributed by atoms with van der Waals surface area (Å²) in [5.41, 5.74) is 0.473. The summed E-state index contributed by atoms with van der Waals surface area (Å²) in [6, 6.07) is 7.24. The summed E-state index contributed by atoms with van der Waals surface area (Å²) >= 11 is 2.68. The predicted octanol–water partition coefficient (Wildman–Crippen LogP) is 2.16. The van der Waals surface area contributed by atoms with Gasteiger partial charge < -0.3 is 9.53 Å². The molecule has 0 N–H and O–H groups in total. The van der Waals surface area contributed by atoms with E-state index in [0.717, 1.165) is 5.57 Å². The minimum atomic E-state index is -1.11. The summed E-state index contributed by atoms with van der Waals surface area (Å²) in [5, 5.41) is 0. The molecule has 0 amide bonds. The zero-order chi connectivity index (χ0) is 15.7. The van der Waals surface area contributed by atoms with Crippen molar-refractivity contribution in [1.82, 2.24) is 0 Å². The van der Waals surface area contributed by atoms with Crippen LogP contribution < -0.4 is 4.74 Å². The van der Waals surface area contributed by atoms with Gasteiger partial charge in [0.2, 0.25) is 0 Å². The Labute approximate surface area is 132 Å². The molecule has 4 heteroatoms. The van der Waals surface area contributed by atoms with Crippen molar-refractivity contribution < 1.29 is 29.9 Å². The van der Waals surface area contributed by atoms with Crippen LogP contribution >= 0.6 is 0 Å². The molecule has 1 aromatic carbocycles. The van der Waals surface area contributed by atoms with Crippen molar-refractivity contribution in [2.75, 3.05) is 7.11 Å². The van der Waals surface area contributed by atoms with Crippen LogP contribution in [0.3, 0.4) is 0 Å². The van der Waals surface area contributed by atoms with Crippen LogP contribution in [-0.2, 0) is 30.6 Å². The third-order valence-corrected chi connectivity index (χ3v) is 3.13. The molecule has 0 aromatic heterocycles. The van der Waals surface area contributed by atoms with Gasteiger partial charge in [0, 0.05) is 0 Å². The van der Waals surface area contributed by atoms with Crippen molar-refractivity contribution >= 4 is 11.1 Å². The van der Waals surface area contributed by atoms with E-state index in [0.29, 0.717) is 17.7 Å². The van der Waals surface area contributed by atoms with E-state index >= 15 is 0 Å². The number of terminal acetylenes is 1. The second-order valence-corrected chi connectivity index (χ2v) is 4.35. The molecule has 1 aliphatic carbocycles. The van der Waals surface area contributed by atoms with E-state index < -0.39 is 5.41 Å². The Bertz CT molecular complexity index is 646. The molecular weight excluding hydrogens is 308 g/mol. The third-order valence-electron chi connectivity index (χ3n) is 3.13. The molecule has 0 saturated heterocycles. The van der Waals surface area contributed by atoms with Gasteiger partial charge in [-0.05, 0) is 29.5 Å². The fourth-order valence-electron chi connectivity index (χ4n) is 2.10. The van der Waals surface area contributed by atoms with E-state index in [2.05, 4.69) is 21.5 Å². The Hall–Kier alpha value is -2.17. The van der Waals surface area contributed by atoms with E-state index in [-0.39, 0.29) is 0 Å². The number of allylic oxidation sites excluding steroid dienone is 4. The average Bonchev–Trinajstić information content (AvgIpc) is 3.05. The zero-order valence-corrected chi connectivity index (χ0v) is 12.5. The van der Waals surface area contributed by atoms with Gasteiger partial charge in [0.25, 0.3) is 0 Å². The monoisotopic (exact) mass is 321 g/mol. The molecule has 0 heterocycles. The maximum atomic E-state index is 11.5. The number of carbonyl (C=O) groups excluding carboxylic acids is 2. The summed E-state index contributed by atoms with van der Waals surface area (Å²) in [6.07, 6.45) is 14.1. The number of benzene rings is 1. The molecule has 0 bridgehead atoms. The molecule has 0 fully saturated rings. The molecule has 1 aromatic rings. The van der Waals surface area contributed by atoms with Crippen LogP contribution in [0.25, 0.3) is 0 Å². The van der Waals surface area contributed by atoms with Gasteiger partial charge in [-0.1, -0.05) is 35.9 Å². The van der Waals surface area contributed by atoms with Crippen molar-refractivity contribution in [2.24, 2.45) is 0 Å². The first-order valence-corrected chi connectivity index (χ1v) is 6.58. The van der Waals surface area contributed by atoms with Crippen LogP contribution in [0.2, 0.25) is 0 Å². The minimum absolute atomic E-state index is 0.675. The van der Waals surface area contributed by atoms with Crippen molar-refractivity contribution in [2.45, 2.75) is 11.8 Å². The SMILES string of the molecule is C#CC([C-]=O)(C1=CC=CC1)c1cccc(OC)c1.O=[C]=[Fe+]. The molecule has 3 nitrogen and oxygen atoms in total. The van der Waals surface area contributed by atoms with Gasteiger partial charge in [-0.2, -0.15) is 0 Å². The number of methoxy groups -OCH3 is 1. The van der Waals surface area contributed by atoms with E-state index in [1.807, 2.05) is 42.7 Å². The van der Waals surface area contributed by atoms with Crippen LogP contribution in [-0.4, -0.2) is 18.2 Å². The Morgan fingerprint density at radius 1 is 1.48 bits per heavy atom. The fraction of sp³-hybridized carbons (Fsp3) is 0.176. The normalized spacial score (nSPS) is 14.6. The van der Waals surface area contributed by atoms with Crippen LogP contribution in [0.1, 0.15) is 12.0 Å². The summed E-state index contributed by atoms with van der Waals surface area (Å²) in [7, 11) is 1.58. The Morgan fingerprint density at radius 3 is 2.67 bits per heavy atom. The average molecular weight is 321 g/mol. The molecule has 0 saturated carbocycles. The maximum absolute atomic E-state index is 11.5. The molecular formula is C17H13FeO3. The topological polar surface area (TPSA) is 43.4 Å². The molecule has 1 atom stereocenters. The van der Waals surface area contributed by atoms with Crippen molar-refractivity contribution in [3.05, 3.63) is 53.6 Å². The van der Waals surface area contributed by atoms with Gasteiger partial charge in [0.15, 0.2) is 0 Å². The summed E-state index contributed by atoms with van der Waals surface area (Å²) in [5.74, 6) is 3.26. The number of hydrogen-bond donors (Lipinski definition) is 0. The third kappa shape index (κ3) is 3.68. The summed E-state index contributed by atoms with van der Waals surface area (Å²) in [6.45, 7) is 0. The van der Waals surface area contributed by atoms with Crippen LogP contribution in [0.15, 0.2) is 48.1 Å². The number of ether oxygens (including phenoxy) is 1. The fourth-order valence-corrected chi connectivity index (χ4v) is 2.10. The van der Waals surface area contributed by atoms with Crippen molar-refractivity contribution in [3.63, 3.8) is 0 Å². The van der Waals surface area contributed by atoms with Crippen molar-refractivity contribution in [3.8, 4) is 18.1 Å². The Kier molecular flexibility index (Phi) is 6.59. The number of hydrogen-bond acceptors (Lipinski definition) is 3. The van der Waals surface area contributed by atoms with Crippen LogP contribution in [0.4, 0.5) is 0 Å². The predicted molar refractivity (Wildman–Crippen MR) is 76.7 cm³/mol. The first-order valence-electron chi connectivity index (χ1n) is 6.02. The summed E-state index contributed by atoms with van der Waals surface area (Å²) < 4.78 is 5.17. The van der Waals surface area contributed by atoms with E-state index in [9.17, 15) is 4.79 Å². The Balaban J connectivity index is 0.000000677. The molecule has 0 spiro atoms. The summed E-state index contributed by atoms with van der Waals surface area (Å²) in [4.78, 5) is 21.3. The van der Waals surface area contributed by atoms with Gasteiger partial charge in [-0.25, -0.2) is 6.29 Å². The van der Waals surface area contributed by atoms with Gasteiger partial charge in [-0.3, -0.25) is 0 Å². The quantitative estimate of drug-likeness (QED) is 0.485. The second kappa shape index (κ2) is 8.19. The molecule has 1 aliphatic rings. The molecule has 0 radical (unpaired) electrons. The van der Waals surface area contributed by atoms with Crippen molar-refractivity contribution in [1.29, 1.82) is 0 Å². The first kappa shape index (κ1) is 16.9. The van der Waals surface area contributed by atoms with E-state index in [1.165, 1.54) is 4.79 Å². The van der Waals surface area contributed by atoms with Gasteiger partial charge in [-0.15, -0.1) is 12.3 Å². The molecule has 2 rings (SSSR count). The molecule has 1 unspecified atom stereocenters. The molecule has 0 aliphatic heterocycles. The standard InChI is InChI=1S/C16H13O2.CO.Fe/c1-3-16(12-17,13-7-4-5-8-13)14-9-6-10-15(11-14)18-2;1-2;/h1,4-7,9-11H,8H2,2H3;;/q-1;;+1. The molecule has 21 heavy (non-hydrogen) atoms. The first-order chi connectivity index (χ1) is 10.2. The van der Waals surface area contributed by atoms with Crippen LogP contribution in [0, 0.1) is 12.3 Å². The van der Waals surface area contributed by atoms with E-state index in [1.54, 1.807) is 13.2 Å². The Morgan fingerprint density at radius 2 is 2.19 bits per heavy atom. The van der Waals surface area contributed by atoms with Gasteiger partial charge in [0.1, 0.15) is 5.75 Å². The van der Waals surface area contributed by atoms with Gasteiger partial charge in [0.05, 0.1) is 7.11 Å². The van der Waals surface area contributed by atoms with Crippen LogP contribution in [0.5, 0.6) is 5.75 Å². The van der Waals surface area contributed by atoms with E-state index in [4.69, 9.17) is 16.0 Å².